The van der Waals surface area contributed by atoms with Crippen LogP contribution in [0.1, 0.15) is 57.6 Å². The number of urea groups is 1. The number of imide groups is 1. The molecule has 1 aliphatic carbocycles. The third-order valence-electron chi connectivity index (χ3n) is 6.17. The van der Waals surface area contributed by atoms with E-state index in [0.717, 1.165) is 23.3 Å². The summed E-state index contributed by atoms with van der Waals surface area (Å²) in [5.41, 5.74) is -0.0292. The summed E-state index contributed by atoms with van der Waals surface area (Å²) in [6, 6.07) is 5.29. The molecule has 2 aliphatic rings. The highest BCUT2D eigenvalue weighted by molar-refractivity contribution is 6.09. The fraction of sp³-hybridized carbons (Fsp3) is 0.571. The van der Waals surface area contributed by atoms with Gasteiger partial charge in [-0.2, -0.15) is 0 Å². The van der Waals surface area contributed by atoms with Gasteiger partial charge in [0.1, 0.15) is 17.9 Å². The lowest BCUT2D eigenvalue weighted by Gasteiger charge is -2.33. The molecule has 28 heavy (non-hydrogen) atoms. The van der Waals surface area contributed by atoms with Crippen molar-refractivity contribution in [1.82, 2.24) is 15.1 Å². The molecule has 1 N–H and O–H groups in total. The number of halogens is 1. The molecule has 1 spiro atoms. The van der Waals surface area contributed by atoms with Crippen LogP contribution >= 0.6 is 0 Å². The SMILES string of the molecule is CC[C@@H](c1ccc(F)cc1)N(C)C(=O)CN1C(=O)NC2(CCC(C)CC2)C1=O. The average Bonchev–Trinajstić information content (AvgIpc) is 2.90. The summed E-state index contributed by atoms with van der Waals surface area (Å²) in [7, 11) is 1.65. The Morgan fingerprint density at radius 3 is 2.46 bits per heavy atom. The molecule has 1 heterocycles. The van der Waals surface area contributed by atoms with E-state index in [1.54, 1.807) is 19.2 Å². The monoisotopic (exact) mass is 389 g/mol. The highest BCUT2D eigenvalue weighted by atomic mass is 19.1. The van der Waals surface area contributed by atoms with Gasteiger partial charge in [0.25, 0.3) is 5.91 Å². The first-order valence-corrected chi connectivity index (χ1v) is 9.92. The molecule has 3 rings (SSSR count). The van der Waals surface area contributed by atoms with Gasteiger partial charge in [-0.3, -0.25) is 14.5 Å². The van der Waals surface area contributed by atoms with Gasteiger partial charge < -0.3 is 10.2 Å². The van der Waals surface area contributed by atoms with Crippen LogP contribution in [0, 0.1) is 11.7 Å². The molecule has 1 aromatic rings. The van der Waals surface area contributed by atoms with E-state index in [4.69, 9.17) is 0 Å². The van der Waals surface area contributed by atoms with E-state index in [1.807, 2.05) is 6.92 Å². The molecule has 0 radical (unpaired) electrons. The van der Waals surface area contributed by atoms with E-state index >= 15 is 0 Å². The number of rotatable bonds is 5. The predicted molar refractivity (Wildman–Crippen MR) is 103 cm³/mol. The standard InChI is InChI=1S/C21H28FN3O3/c1-4-17(15-5-7-16(22)8-6-15)24(3)18(26)13-25-19(27)21(23-20(25)28)11-9-14(2)10-12-21/h5-8,14,17H,4,9-13H2,1-3H3,(H,23,28)/t14?,17-,21?/m0/s1. The van der Waals surface area contributed by atoms with Crippen LogP contribution in [0.5, 0.6) is 0 Å². The average molecular weight is 389 g/mol. The molecular weight excluding hydrogens is 361 g/mol. The first kappa shape index (κ1) is 20.3. The Labute approximate surface area is 165 Å². The van der Waals surface area contributed by atoms with Crippen LogP contribution in [-0.2, 0) is 9.59 Å². The fourth-order valence-electron chi connectivity index (χ4n) is 4.25. The number of nitrogens with zero attached hydrogens (tertiary/aromatic N) is 2. The quantitative estimate of drug-likeness (QED) is 0.786. The van der Waals surface area contributed by atoms with Crippen molar-refractivity contribution in [2.75, 3.05) is 13.6 Å². The number of likely N-dealkylation sites (N-methyl/N-ethyl adjacent to an activating group) is 1. The van der Waals surface area contributed by atoms with Gasteiger partial charge in [-0.25, -0.2) is 9.18 Å². The van der Waals surface area contributed by atoms with Gasteiger partial charge in [0.05, 0.1) is 6.04 Å². The van der Waals surface area contributed by atoms with Crippen molar-refractivity contribution in [1.29, 1.82) is 0 Å². The van der Waals surface area contributed by atoms with Crippen molar-refractivity contribution < 1.29 is 18.8 Å². The van der Waals surface area contributed by atoms with Crippen LogP contribution in [0.25, 0.3) is 0 Å². The molecule has 7 heteroatoms. The Morgan fingerprint density at radius 2 is 1.89 bits per heavy atom. The van der Waals surface area contributed by atoms with Crippen LogP contribution in [0.2, 0.25) is 0 Å². The molecule has 0 unspecified atom stereocenters. The van der Waals surface area contributed by atoms with Gasteiger partial charge in [0.15, 0.2) is 0 Å². The van der Waals surface area contributed by atoms with E-state index in [1.165, 1.54) is 17.0 Å². The first-order valence-electron chi connectivity index (χ1n) is 9.92. The second-order valence-corrected chi connectivity index (χ2v) is 8.07. The summed E-state index contributed by atoms with van der Waals surface area (Å²) in [6.45, 7) is 3.80. The minimum atomic E-state index is -0.844. The molecule has 1 aromatic carbocycles. The van der Waals surface area contributed by atoms with Gasteiger partial charge in [-0.15, -0.1) is 0 Å². The van der Waals surface area contributed by atoms with Crippen molar-refractivity contribution in [2.45, 2.75) is 57.5 Å². The van der Waals surface area contributed by atoms with Crippen LogP contribution in [0.4, 0.5) is 9.18 Å². The van der Waals surface area contributed by atoms with Crippen molar-refractivity contribution >= 4 is 17.8 Å². The Kier molecular flexibility index (Phi) is 5.72. The highest BCUT2D eigenvalue weighted by Gasteiger charge is 2.52. The molecule has 2 fully saturated rings. The molecule has 0 aromatic heterocycles. The number of hydrogen-bond donors (Lipinski definition) is 1. The minimum absolute atomic E-state index is 0.252. The van der Waals surface area contributed by atoms with Gasteiger partial charge in [-0.1, -0.05) is 26.0 Å². The smallest absolute Gasteiger partial charge is 0.325 e. The number of carbonyl (C=O) groups is 3. The molecule has 1 atom stereocenters. The van der Waals surface area contributed by atoms with Crippen LogP contribution in [-0.4, -0.2) is 46.8 Å². The Morgan fingerprint density at radius 1 is 1.29 bits per heavy atom. The van der Waals surface area contributed by atoms with E-state index in [0.29, 0.717) is 25.2 Å². The van der Waals surface area contributed by atoms with Crippen molar-refractivity contribution in [3.05, 3.63) is 35.6 Å². The molecule has 6 nitrogen and oxygen atoms in total. The van der Waals surface area contributed by atoms with Gasteiger partial charge in [0.2, 0.25) is 5.91 Å². The molecule has 152 valence electrons. The largest absolute Gasteiger partial charge is 0.337 e. The fourth-order valence-corrected chi connectivity index (χ4v) is 4.25. The molecule has 1 saturated carbocycles. The zero-order chi connectivity index (χ0) is 20.5. The zero-order valence-corrected chi connectivity index (χ0v) is 16.7. The summed E-state index contributed by atoms with van der Waals surface area (Å²) in [4.78, 5) is 40.8. The number of nitrogens with one attached hydrogen (secondary N) is 1. The molecule has 1 saturated heterocycles. The third-order valence-corrected chi connectivity index (χ3v) is 6.17. The first-order chi connectivity index (χ1) is 13.3. The highest BCUT2D eigenvalue weighted by Crippen LogP contribution is 2.36. The number of carbonyl (C=O) groups excluding carboxylic acids is 3. The summed E-state index contributed by atoms with van der Waals surface area (Å²) in [6.07, 6.45) is 3.64. The summed E-state index contributed by atoms with van der Waals surface area (Å²) >= 11 is 0. The van der Waals surface area contributed by atoms with Crippen LogP contribution in [0.15, 0.2) is 24.3 Å². The maximum absolute atomic E-state index is 13.2. The van der Waals surface area contributed by atoms with Gasteiger partial charge in [-0.05, 0) is 55.7 Å². The van der Waals surface area contributed by atoms with E-state index < -0.39 is 11.6 Å². The summed E-state index contributed by atoms with van der Waals surface area (Å²) < 4.78 is 13.2. The van der Waals surface area contributed by atoms with Crippen molar-refractivity contribution in [3.8, 4) is 0 Å². The van der Waals surface area contributed by atoms with Crippen molar-refractivity contribution in [3.63, 3.8) is 0 Å². The molecule has 4 amide bonds. The second-order valence-electron chi connectivity index (χ2n) is 8.07. The predicted octanol–water partition coefficient (Wildman–Crippen LogP) is 3.24. The second kappa shape index (κ2) is 7.89. The molecule has 0 bridgehead atoms. The van der Waals surface area contributed by atoms with Gasteiger partial charge >= 0.3 is 6.03 Å². The topological polar surface area (TPSA) is 69.7 Å². The number of amides is 4. The summed E-state index contributed by atoms with van der Waals surface area (Å²) in [5.74, 6) is -0.404. The number of benzene rings is 1. The van der Waals surface area contributed by atoms with Gasteiger partial charge in [0, 0.05) is 7.05 Å². The third kappa shape index (κ3) is 3.75. The zero-order valence-electron chi connectivity index (χ0n) is 16.7. The maximum Gasteiger partial charge on any atom is 0.325 e. The van der Waals surface area contributed by atoms with E-state index in [-0.39, 0.29) is 30.2 Å². The van der Waals surface area contributed by atoms with Crippen LogP contribution < -0.4 is 5.32 Å². The molecular formula is C21H28FN3O3. The van der Waals surface area contributed by atoms with E-state index in [2.05, 4.69) is 12.2 Å². The lowest BCUT2D eigenvalue weighted by molar-refractivity contribution is -0.140. The Hall–Kier alpha value is -2.44. The summed E-state index contributed by atoms with van der Waals surface area (Å²) in [5, 5.41) is 2.84. The Balaban J connectivity index is 1.70. The molecule has 1 aliphatic heterocycles. The minimum Gasteiger partial charge on any atom is -0.337 e. The van der Waals surface area contributed by atoms with E-state index in [9.17, 15) is 18.8 Å². The number of hydrogen-bond acceptors (Lipinski definition) is 3. The van der Waals surface area contributed by atoms with Crippen LogP contribution in [0.3, 0.4) is 0 Å². The lowest BCUT2D eigenvalue weighted by atomic mass is 9.77. The normalized spacial score (nSPS) is 25.7. The maximum atomic E-state index is 13.2. The van der Waals surface area contributed by atoms with Crippen molar-refractivity contribution in [2.24, 2.45) is 5.92 Å². The Bertz CT molecular complexity index is 757. The lowest BCUT2D eigenvalue weighted by Crippen LogP contribution is -2.50.